The Labute approximate surface area is 590 Å². The van der Waals surface area contributed by atoms with Gasteiger partial charge in [0.2, 0.25) is 31.2 Å². The van der Waals surface area contributed by atoms with Crippen molar-refractivity contribution in [1.29, 1.82) is 0 Å². The summed E-state index contributed by atoms with van der Waals surface area (Å²) in [6.45, 7) is -0.257. The second kappa shape index (κ2) is 36.4. The molecule has 1 unspecified atom stereocenters. The highest BCUT2D eigenvalue weighted by molar-refractivity contribution is 7.81. The first kappa shape index (κ1) is 78.0. The molecule has 0 radical (unpaired) electrons. The number of azide groups is 2. The SMILES string of the molecule is C=CCO[C@@H]1O[C@@H](C(=O)OC)[C@@H](O[C@H]2O[C@H](COS(=O)(=O)[O-])[C@@H](O[C@@H]3O[C@@H](C(=O)OC)[C@@H](O[C@H]4O[C@@H]5COC(c6ccccc6)O[C@H]5[C@H](OCc5ccccc5)[C@H]4N=[N+]=[N-])[C@H](OCc4ccccc4)[C@H]3OS(=O)(=O)[O-])[C@H](OCc3ccccc3)[C@H]2N=[N+]=[N-])[C@H](OCc2ccccc2)[C@H]1OS(=O)(=O)[O-]. The monoisotopic (exact) mass is 1500 g/mol. The molecule has 5 aromatic carbocycles. The summed E-state index contributed by atoms with van der Waals surface area (Å²) in [5, 5.41) is 8.00. The van der Waals surface area contributed by atoms with E-state index in [-0.39, 0.29) is 13.2 Å². The Morgan fingerprint density at radius 1 is 0.495 bits per heavy atom. The smallest absolute Gasteiger partial charge is 0.337 e. The number of nitrogens with zero attached hydrogens (tertiary/aromatic N) is 6. The Morgan fingerprint density at radius 2 is 0.903 bits per heavy atom. The zero-order valence-electron chi connectivity index (χ0n) is 54.4. The first-order valence-corrected chi connectivity index (χ1v) is 35.4. The molecule has 39 heteroatoms. The van der Waals surface area contributed by atoms with E-state index in [0.717, 1.165) is 14.2 Å². The van der Waals surface area contributed by atoms with E-state index in [1.807, 2.05) is 0 Å². The summed E-state index contributed by atoms with van der Waals surface area (Å²) in [4.78, 5) is 34.8. The van der Waals surface area contributed by atoms with Crippen LogP contribution < -0.4 is 0 Å². The average molecular weight is 1500 g/mol. The topological polar surface area (TPSA) is 479 Å². The maximum absolute atomic E-state index is 14.7. The molecule has 10 rings (SSSR count). The van der Waals surface area contributed by atoms with Gasteiger partial charge in [-0.25, -0.2) is 34.8 Å². The minimum absolute atomic E-state index is 0.125. The maximum Gasteiger partial charge on any atom is 0.337 e. The van der Waals surface area contributed by atoms with Gasteiger partial charge in [0.05, 0.1) is 60.5 Å². The lowest BCUT2D eigenvalue weighted by atomic mass is 9.93. The molecular weight excluding hydrogens is 1430 g/mol. The normalized spacial score (nSPS) is 31.0. The van der Waals surface area contributed by atoms with E-state index in [2.05, 4.69) is 26.6 Å². The number of benzene rings is 5. The maximum atomic E-state index is 14.7. The Morgan fingerprint density at radius 3 is 1.34 bits per heavy atom. The number of methoxy groups -OCH3 is 2. The average Bonchev–Trinajstić information content (AvgIpc) is 0.760. The van der Waals surface area contributed by atoms with E-state index in [4.69, 9.17) is 88.3 Å². The van der Waals surface area contributed by atoms with Crippen LogP contribution in [0.15, 0.2) is 175 Å². The molecule has 103 heavy (non-hydrogen) atoms. The fourth-order valence-corrected chi connectivity index (χ4v) is 13.2. The number of esters is 2. The summed E-state index contributed by atoms with van der Waals surface area (Å²) >= 11 is 0. The van der Waals surface area contributed by atoms with Crippen LogP contribution in [0.1, 0.15) is 34.1 Å². The van der Waals surface area contributed by atoms with Crippen LogP contribution in [0.5, 0.6) is 0 Å². The van der Waals surface area contributed by atoms with Gasteiger partial charge in [-0.15, -0.1) is 6.58 Å². The van der Waals surface area contributed by atoms with Crippen molar-refractivity contribution in [3.8, 4) is 0 Å². The quantitative estimate of drug-likeness (QED) is 0.0106. The summed E-state index contributed by atoms with van der Waals surface area (Å²) in [6, 6.07) is 37.8. The van der Waals surface area contributed by atoms with E-state index >= 15 is 0 Å². The molecule has 0 bridgehead atoms. The fourth-order valence-electron chi connectivity index (χ4n) is 12.0. The van der Waals surface area contributed by atoms with Crippen molar-refractivity contribution >= 4 is 43.1 Å². The second-order valence-electron chi connectivity index (χ2n) is 23.1. The van der Waals surface area contributed by atoms with E-state index in [9.17, 15) is 59.6 Å². The van der Waals surface area contributed by atoms with Gasteiger partial charge in [-0.1, -0.05) is 168 Å². The second-order valence-corrected chi connectivity index (χ2v) is 26.2. The first-order chi connectivity index (χ1) is 49.5. The van der Waals surface area contributed by atoms with Crippen LogP contribution in [-0.2, 0) is 156 Å². The summed E-state index contributed by atoms with van der Waals surface area (Å²) in [6.07, 6.45) is -36.4. The predicted octanol–water partition coefficient (Wildman–Crippen LogP) is 4.57. The third-order valence-corrected chi connectivity index (χ3v) is 17.8. The molecule has 5 saturated heterocycles. The van der Waals surface area contributed by atoms with Gasteiger partial charge in [0, 0.05) is 15.4 Å². The number of carbonyl (C=O) groups excluding carboxylic acids is 2. The number of rotatable bonds is 33. The van der Waals surface area contributed by atoms with Gasteiger partial charge < -0.3 is 89.4 Å². The molecule has 21 atom stereocenters. The number of fused-ring (bicyclic) bond motifs is 1. The molecular formula is C64H69N6O30S3-3. The third kappa shape index (κ3) is 21.1. The van der Waals surface area contributed by atoms with Crippen molar-refractivity contribution in [1.82, 2.24) is 0 Å². The summed E-state index contributed by atoms with van der Waals surface area (Å²) in [7, 11) is -15.9. The molecule has 0 spiro atoms. The molecule has 0 amide bonds. The molecule has 36 nitrogen and oxygen atoms in total. The van der Waals surface area contributed by atoms with E-state index in [1.54, 1.807) is 152 Å². The Kier molecular flexibility index (Phi) is 27.6. The fraction of sp³-hybridized carbons (Fsp3) is 0.469. The lowest BCUT2D eigenvalue weighted by Crippen LogP contribution is -2.69. The molecule has 556 valence electrons. The molecule has 5 heterocycles. The van der Waals surface area contributed by atoms with Crippen molar-refractivity contribution in [2.75, 3.05) is 34.0 Å². The highest BCUT2D eigenvalue weighted by atomic mass is 32.3. The van der Waals surface area contributed by atoms with Crippen LogP contribution in [0.2, 0.25) is 0 Å². The van der Waals surface area contributed by atoms with Gasteiger partial charge >= 0.3 is 11.9 Å². The van der Waals surface area contributed by atoms with Crippen molar-refractivity contribution < 1.29 is 137 Å². The van der Waals surface area contributed by atoms with Gasteiger partial charge in [0.15, 0.2) is 55.9 Å². The molecule has 5 aliphatic rings. The van der Waals surface area contributed by atoms with Crippen LogP contribution in [0.3, 0.4) is 0 Å². The highest BCUT2D eigenvalue weighted by Gasteiger charge is 2.61. The molecule has 5 aromatic rings. The van der Waals surface area contributed by atoms with Crippen molar-refractivity contribution in [3.63, 3.8) is 0 Å². The van der Waals surface area contributed by atoms with Crippen LogP contribution in [-0.4, -0.2) is 208 Å². The summed E-state index contributed by atoms with van der Waals surface area (Å²) in [5.41, 5.74) is 23.2. The van der Waals surface area contributed by atoms with Gasteiger partial charge in [-0.3, -0.25) is 12.5 Å². The summed E-state index contributed by atoms with van der Waals surface area (Å²) in [5.74, 6) is -2.65. The van der Waals surface area contributed by atoms with Crippen LogP contribution in [0.4, 0.5) is 0 Å². The van der Waals surface area contributed by atoms with Crippen molar-refractivity contribution in [2.45, 2.75) is 155 Å². The Bertz CT molecular complexity index is 4030. The molecule has 5 aliphatic heterocycles. The number of hydrogen-bond donors (Lipinski definition) is 0. The number of hydrogen-bond acceptors (Lipinski definition) is 32. The number of carbonyl (C=O) groups is 2. The minimum Gasteiger partial charge on any atom is -0.726 e. The molecule has 5 fully saturated rings. The lowest BCUT2D eigenvalue weighted by molar-refractivity contribution is -0.382. The standard InChI is InChI=1S/C64H72N6O30S3/c1-4-30-84-63-56(99-102(76,77)78)50(87-33-39-24-14-7-15-25-39)52(54(97-63)58(71)82-2)95-62-45(68-70-66)49(86-32-38-22-12-6-13-23-38)47(43(92-62)36-90-101(73,74)75)94-64-57(100-103(79,80)81)51(88-34-40-26-16-8-17-27-40)53(55(98-64)59(72)83-3)96-61-44(67-69-65)48(85-31-37-20-10-5-11-21-37)46-42(91-61)35-89-60(93-46)41-28-18-9-19-29-41/h4-29,42-57,60-64H,1,30-36H2,2-3H3,(H,73,74,75)(H,76,77,78)(H,79,80,81)/p-3/t42-,43-,44-,45-,46-,47-,48-,49-,50+,51+,52+,53+,54-,55-,56-,57-,60?,61-,62-,63-,64-/m1/s1. The van der Waals surface area contributed by atoms with Crippen LogP contribution in [0, 0.1) is 0 Å². The Hall–Kier alpha value is -7.55. The largest absolute Gasteiger partial charge is 0.726 e. The van der Waals surface area contributed by atoms with Crippen LogP contribution in [0.25, 0.3) is 20.9 Å². The minimum atomic E-state index is -6.08. The zero-order valence-corrected chi connectivity index (χ0v) is 56.9. The highest BCUT2D eigenvalue weighted by Crippen LogP contribution is 2.43. The number of ether oxygens (including phenoxy) is 16. The van der Waals surface area contributed by atoms with E-state index in [1.165, 1.54) is 6.08 Å². The van der Waals surface area contributed by atoms with E-state index < -0.39 is 205 Å². The molecule has 0 N–H and O–H groups in total. The van der Waals surface area contributed by atoms with Gasteiger partial charge in [-0.05, 0) is 33.3 Å². The van der Waals surface area contributed by atoms with Crippen molar-refractivity contribution in [2.24, 2.45) is 10.2 Å². The third-order valence-electron chi connectivity index (χ3n) is 16.4. The van der Waals surface area contributed by atoms with Gasteiger partial charge in [-0.2, -0.15) is 0 Å². The van der Waals surface area contributed by atoms with Gasteiger partial charge in [0.1, 0.15) is 73.1 Å². The zero-order chi connectivity index (χ0) is 73.3. The molecule has 0 saturated carbocycles. The molecule has 0 aliphatic carbocycles. The van der Waals surface area contributed by atoms with Gasteiger partial charge in [0.25, 0.3) is 0 Å². The summed E-state index contributed by atoms with van der Waals surface area (Å²) < 4.78 is 231. The lowest BCUT2D eigenvalue weighted by Gasteiger charge is -2.52. The first-order valence-electron chi connectivity index (χ1n) is 31.4. The van der Waals surface area contributed by atoms with Crippen LogP contribution >= 0.6 is 0 Å². The molecule has 0 aromatic heterocycles. The van der Waals surface area contributed by atoms with E-state index in [0.29, 0.717) is 27.8 Å². The van der Waals surface area contributed by atoms with Crippen molar-refractivity contribution in [3.05, 3.63) is 213 Å². The Balaban J connectivity index is 1.08. The predicted molar refractivity (Wildman–Crippen MR) is 340 cm³/mol.